The van der Waals surface area contributed by atoms with Crippen LogP contribution in [0.25, 0.3) is 0 Å². The zero-order valence-electron chi connectivity index (χ0n) is 13.1. The number of hydrogen-bond donors (Lipinski definition) is 1. The first kappa shape index (κ1) is 15.5. The zero-order chi connectivity index (χ0) is 14.4. The number of hydrogen-bond acceptors (Lipinski definition) is 2. The van der Waals surface area contributed by atoms with Crippen LogP contribution in [0.2, 0.25) is 0 Å². The number of nitrogens with zero attached hydrogens (tertiary/aromatic N) is 1. The molecule has 0 saturated carbocycles. The minimum absolute atomic E-state index is 0.148. The van der Waals surface area contributed by atoms with E-state index in [2.05, 4.69) is 49.1 Å². The first-order chi connectivity index (χ1) is 9.74. The first-order valence-corrected chi connectivity index (χ1v) is 8.23. The smallest absolute Gasteiger partial charge is 0.0369 e. The van der Waals surface area contributed by atoms with E-state index < -0.39 is 0 Å². The van der Waals surface area contributed by atoms with Gasteiger partial charge < -0.3 is 5.73 Å². The lowest BCUT2D eigenvalue weighted by atomic mass is 9.83. The van der Waals surface area contributed by atoms with Crippen LogP contribution in [0.4, 0.5) is 0 Å². The van der Waals surface area contributed by atoms with Crippen molar-refractivity contribution in [2.75, 3.05) is 19.6 Å². The second-order valence-corrected chi connectivity index (χ2v) is 6.31. The number of nitrogens with two attached hydrogens (primary N) is 1. The topological polar surface area (TPSA) is 29.3 Å². The van der Waals surface area contributed by atoms with Crippen molar-refractivity contribution in [1.29, 1.82) is 0 Å². The van der Waals surface area contributed by atoms with Gasteiger partial charge in [-0.2, -0.15) is 0 Å². The van der Waals surface area contributed by atoms with E-state index in [1.807, 2.05) is 0 Å². The molecular weight excluding hydrogens is 244 g/mol. The highest BCUT2D eigenvalue weighted by Gasteiger charge is 2.36. The molecule has 0 spiro atoms. The van der Waals surface area contributed by atoms with E-state index >= 15 is 0 Å². The quantitative estimate of drug-likeness (QED) is 0.861. The summed E-state index contributed by atoms with van der Waals surface area (Å²) in [4.78, 5) is 2.69. The van der Waals surface area contributed by atoms with Gasteiger partial charge in [0.05, 0.1) is 0 Å². The molecule has 0 aliphatic carbocycles. The molecule has 1 aromatic carbocycles. The summed E-state index contributed by atoms with van der Waals surface area (Å²) in [5.74, 6) is 0.858. The average molecular weight is 274 g/mol. The van der Waals surface area contributed by atoms with Crippen molar-refractivity contribution in [2.24, 2.45) is 11.7 Å². The lowest BCUT2D eigenvalue weighted by molar-refractivity contribution is 0.0429. The van der Waals surface area contributed by atoms with Gasteiger partial charge in [-0.05, 0) is 43.7 Å². The van der Waals surface area contributed by atoms with Gasteiger partial charge in [0.2, 0.25) is 0 Å². The highest BCUT2D eigenvalue weighted by Crippen LogP contribution is 2.30. The molecule has 1 aliphatic heterocycles. The fraction of sp³-hybridized carbons (Fsp3) is 0.667. The van der Waals surface area contributed by atoms with Crippen LogP contribution in [0.5, 0.6) is 0 Å². The van der Waals surface area contributed by atoms with Gasteiger partial charge in [0.25, 0.3) is 0 Å². The molecule has 0 aromatic heterocycles. The molecule has 2 atom stereocenters. The molecule has 1 aromatic rings. The molecule has 1 heterocycles. The molecule has 1 saturated heterocycles. The largest absolute Gasteiger partial charge is 0.329 e. The lowest BCUT2D eigenvalue weighted by Gasteiger charge is -2.47. The molecule has 0 amide bonds. The van der Waals surface area contributed by atoms with Gasteiger partial charge in [0.1, 0.15) is 0 Å². The van der Waals surface area contributed by atoms with E-state index in [1.165, 1.54) is 37.9 Å². The van der Waals surface area contributed by atoms with Gasteiger partial charge in [0.15, 0.2) is 0 Å². The van der Waals surface area contributed by atoms with Crippen molar-refractivity contribution in [1.82, 2.24) is 4.90 Å². The Morgan fingerprint density at radius 2 is 2.00 bits per heavy atom. The molecule has 0 radical (unpaired) electrons. The normalized spacial score (nSPS) is 23.4. The summed E-state index contributed by atoms with van der Waals surface area (Å²) in [6.07, 6.45) is 6.23. The van der Waals surface area contributed by atoms with E-state index in [4.69, 9.17) is 5.73 Å². The van der Waals surface area contributed by atoms with Gasteiger partial charge in [-0.1, -0.05) is 50.6 Å². The molecule has 2 heteroatoms. The Kier molecular flexibility index (Phi) is 5.62. The highest BCUT2D eigenvalue weighted by atomic mass is 15.2. The molecule has 112 valence electrons. The van der Waals surface area contributed by atoms with Gasteiger partial charge in [-0.3, -0.25) is 4.90 Å². The van der Waals surface area contributed by atoms with Gasteiger partial charge in [-0.15, -0.1) is 0 Å². The average Bonchev–Trinajstić information content (AvgIpc) is 2.54. The van der Waals surface area contributed by atoms with Crippen molar-refractivity contribution in [3.8, 4) is 0 Å². The fourth-order valence-electron chi connectivity index (χ4n) is 3.61. The Morgan fingerprint density at radius 1 is 1.25 bits per heavy atom. The Morgan fingerprint density at radius 3 is 2.60 bits per heavy atom. The van der Waals surface area contributed by atoms with Crippen molar-refractivity contribution in [2.45, 2.75) is 51.5 Å². The number of piperidine rings is 1. The van der Waals surface area contributed by atoms with Gasteiger partial charge in [0, 0.05) is 18.6 Å². The minimum Gasteiger partial charge on any atom is -0.329 e. The predicted molar refractivity (Wildman–Crippen MR) is 86.8 cm³/mol. The van der Waals surface area contributed by atoms with Crippen LogP contribution in [0.1, 0.15) is 45.1 Å². The summed E-state index contributed by atoms with van der Waals surface area (Å²) in [6.45, 7) is 7.82. The first-order valence-electron chi connectivity index (χ1n) is 8.23. The summed E-state index contributed by atoms with van der Waals surface area (Å²) in [7, 11) is 0. The highest BCUT2D eigenvalue weighted by molar-refractivity contribution is 5.18. The molecular formula is C18H30N2. The molecule has 1 fully saturated rings. The van der Waals surface area contributed by atoms with Crippen LogP contribution < -0.4 is 5.73 Å². The van der Waals surface area contributed by atoms with Crippen molar-refractivity contribution in [3.05, 3.63) is 35.9 Å². The van der Waals surface area contributed by atoms with Crippen molar-refractivity contribution >= 4 is 0 Å². The van der Waals surface area contributed by atoms with Crippen LogP contribution in [0.3, 0.4) is 0 Å². The van der Waals surface area contributed by atoms with E-state index in [9.17, 15) is 0 Å². The SMILES string of the molecule is CCC1CCCN(C(CC)(CN)Cc2ccccc2)C1. The summed E-state index contributed by atoms with van der Waals surface area (Å²) >= 11 is 0. The van der Waals surface area contributed by atoms with Crippen LogP contribution >= 0.6 is 0 Å². The third-order valence-electron chi connectivity index (χ3n) is 5.18. The van der Waals surface area contributed by atoms with E-state index in [1.54, 1.807) is 0 Å². The van der Waals surface area contributed by atoms with Crippen molar-refractivity contribution in [3.63, 3.8) is 0 Å². The second-order valence-electron chi connectivity index (χ2n) is 6.31. The predicted octanol–water partition coefficient (Wildman–Crippen LogP) is 3.46. The van der Waals surface area contributed by atoms with Crippen LogP contribution in [0.15, 0.2) is 30.3 Å². The Labute approximate surface area is 124 Å². The molecule has 2 unspecified atom stereocenters. The van der Waals surface area contributed by atoms with Crippen LogP contribution in [-0.4, -0.2) is 30.1 Å². The summed E-state index contributed by atoms with van der Waals surface area (Å²) in [5, 5.41) is 0. The van der Waals surface area contributed by atoms with E-state index in [-0.39, 0.29) is 5.54 Å². The molecule has 0 bridgehead atoms. The maximum absolute atomic E-state index is 6.24. The second kappa shape index (κ2) is 7.24. The van der Waals surface area contributed by atoms with Crippen LogP contribution in [0, 0.1) is 5.92 Å². The minimum atomic E-state index is 0.148. The van der Waals surface area contributed by atoms with Crippen LogP contribution in [-0.2, 0) is 6.42 Å². The number of benzene rings is 1. The van der Waals surface area contributed by atoms with Gasteiger partial charge in [-0.25, -0.2) is 0 Å². The number of likely N-dealkylation sites (tertiary alicyclic amines) is 1. The molecule has 2 nitrogen and oxygen atoms in total. The summed E-state index contributed by atoms with van der Waals surface area (Å²) in [5.41, 5.74) is 7.81. The maximum atomic E-state index is 6.24. The van der Waals surface area contributed by atoms with Gasteiger partial charge >= 0.3 is 0 Å². The third kappa shape index (κ3) is 3.42. The third-order valence-corrected chi connectivity index (χ3v) is 5.18. The Bertz CT molecular complexity index is 384. The molecule has 1 aliphatic rings. The fourth-order valence-corrected chi connectivity index (χ4v) is 3.61. The summed E-state index contributed by atoms with van der Waals surface area (Å²) in [6, 6.07) is 10.8. The molecule has 2 N–H and O–H groups in total. The van der Waals surface area contributed by atoms with E-state index in [0.29, 0.717) is 0 Å². The Balaban J connectivity index is 2.15. The standard InChI is InChI=1S/C18H30N2/c1-3-16-11-8-12-20(14-16)18(4-2,15-19)13-17-9-6-5-7-10-17/h5-7,9-10,16H,3-4,8,11-15,19H2,1-2H3. The monoisotopic (exact) mass is 274 g/mol. The maximum Gasteiger partial charge on any atom is 0.0369 e. The van der Waals surface area contributed by atoms with Crippen molar-refractivity contribution < 1.29 is 0 Å². The molecule has 20 heavy (non-hydrogen) atoms. The molecule has 2 rings (SSSR count). The van der Waals surface area contributed by atoms with E-state index in [0.717, 1.165) is 25.3 Å². The summed E-state index contributed by atoms with van der Waals surface area (Å²) < 4.78 is 0. The Hall–Kier alpha value is -0.860. The lowest BCUT2D eigenvalue weighted by Crippen LogP contribution is -2.58. The number of rotatable bonds is 6. The zero-order valence-corrected chi connectivity index (χ0v) is 13.1.